The summed E-state index contributed by atoms with van der Waals surface area (Å²) in [6.07, 6.45) is 10.3. The standard InChI is InChI=1S/C16H24O3/c1-10(6-11-2-3-13(17)7-11)16-5-4-12(8-16)14(9-16)15(18)19/h4-5,10-14,17H,2-3,6-9H2,1H3,(H,18,19). The number of carbonyl (C=O) groups is 1. The Morgan fingerprint density at radius 2 is 2.21 bits per heavy atom. The number of hydrogen-bond donors (Lipinski definition) is 2. The van der Waals surface area contributed by atoms with Crippen molar-refractivity contribution in [3.8, 4) is 0 Å². The molecule has 0 heterocycles. The molecule has 6 unspecified atom stereocenters. The Labute approximate surface area is 114 Å². The van der Waals surface area contributed by atoms with Crippen LogP contribution in [0, 0.1) is 29.1 Å². The number of allylic oxidation sites excluding steroid dienone is 2. The van der Waals surface area contributed by atoms with Crippen molar-refractivity contribution < 1.29 is 15.0 Å². The molecule has 106 valence electrons. The molecule has 0 aromatic heterocycles. The molecule has 2 bridgehead atoms. The van der Waals surface area contributed by atoms with E-state index in [1.807, 2.05) is 0 Å². The van der Waals surface area contributed by atoms with Crippen LogP contribution in [0.2, 0.25) is 0 Å². The minimum Gasteiger partial charge on any atom is -0.481 e. The van der Waals surface area contributed by atoms with E-state index in [1.165, 1.54) is 0 Å². The first kappa shape index (κ1) is 13.2. The Kier molecular flexibility index (Phi) is 3.20. The van der Waals surface area contributed by atoms with Crippen LogP contribution in [0.3, 0.4) is 0 Å². The predicted octanol–water partition coefficient (Wildman–Crippen LogP) is 2.84. The van der Waals surface area contributed by atoms with Gasteiger partial charge in [-0.2, -0.15) is 0 Å². The maximum Gasteiger partial charge on any atom is 0.307 e. The minimum atomic E-state index is -0.625. The van der Waals surface area contributed by atoms with Gasteiger partial charge in [-0.3, -0.25) is 4.79 Å². The number of hydrogen-bond acceptors (Lipinski definition) is 2. The molecule has 2 saturated carbocycles. The highest BCUT2D eigenvalue weighted by atomic mass is 16.4. The lowest BCUT2D eigenvalue weighted by Crippen LogP contribution is -2.27. The van der Waals surface area contributed by atoms with E-state index in [9.17, 15) is 15.0 Å². The number of aliphatic carboxylic acids is 1. The zero-order valence-corrected chi connectivity index (χ0v) is 11.6. The molecule has 2 N–H and O–H groups in total. The van der Waals surface area contributed by atoms with Crippen molar-refractivity contribution in [1.29, 1.82) is 0 Å². The third-order valence-corrected chi connectivity index (χ3v) is 5.91. The third kappa shape index (κ3) is 2.22. The fourth-order valence-electron chi connectivity index (χ4n) is 4.71. The third-order valence-electron chi connectivity index (χ3n) is 5.91. The number of aliphatic hydroxyl groups excluding tert-OH is 1. The van der Waals surface area contributed by atoms with Gasteiger partial charge in [0, 0.05) is 0 Å². The molecule has 0 amide bonds. The number of fused-ring (bicyclic) bond motifs is 2. The van der Waals surface area contributed by atoms with Gasteiger partial charge < -0.3 is 10.2 Å². The van der Waals surface area contributed by atoms with E-state index >= 15 is 0 Å². The van der Waals surface area contributed by atoms with Crippen LogP contribution in [-0.2, 0) is 4.79 Å². The fraction of sp³-hybridized carbons (Fsp3) is 0.812. The summed E-state index contributed by atoms with van der Waals surface area (Å²) in [6, 6.07) is 0. The van der Waals surface area contributed by atoms with Crippen LogP contribution < -0.4 is 0 Å². The van der Waals surface area contributed by atoms with Crippen molar-refractivity contribution in [2.24, 2.45) is 29.1 Å². The summed E-state index contributed by atoms with van der Waals surface area (Å²) in [5, 5.41) is 18.9. The van der Waals surface area contributed by atoms with Crippen LogP contribution in [0.15, 0.2) is 12.2 Å². The van der Waals surface area contributed by atoms with Gasteiger partial charge in [-0.25, -0.2) is 0 Å². The molecule has 3 rings (SSSR count). The summed E-state index contributed by atoms with van der Waals surface area (Å²) >= 11 is 0. The SMILES string of the molecule is CC(CC1CCC(O)C1)C12C=CC(C1)C(C(=O)O)C2. The van der Waals surface area contributed by atoms with Crippen LogP contribution in [0.25, 0.3) is 0 Å². The second-order valence-corrected chi connectivity index (χ2v) is 7.08. The molecule has 0 aliphatic heterocycles. The van der Waals surface area contributed by atoms with Gasteiger partial charge in [-0.05, 0) is 61.7 Å². The first-order chi connectivity index (χ1) is 9.00. The molecule has 0 spiro atoms. The Morgan fingerprint density at radius 1 is 1.42 bits per heavy atom. The van der Waals surface area contributed by atoms with Crippen molar-refractivity contribution in [2.75, 3.05) is 0 Å². The highest BCUT2D eigenvalue weighted by molar-refractivity contribution is 5.72. The number of rotatable bonds is 4. The quantitative estimate of drug-likeness (QED) is 0.768. The van der Waals surface area contributed by atoms with Gasteiger partial charge in [0.25, 0.3) is 0 Å². The second kappa shape index (κ2) is 4.62. The van der Waals surface area contributed by atoms with Gasteiger partial charge in [-0.15, -0.1) is 0 Å². The lowest BCUT2D eigenvalue weighted by molar-refractivity contribution is -0.142. The molecule has 0 aromatic carbocycles. The Balaban J connectivity index is 1.65. The Morgan fingerprint density at radius 3 is 2.79 bits per heavy atom. The molecule has 3 aliphatic carbocycles. The maximum absolute atomic E-state index is 11.3. The molecule has 3 aliphatic rings. The average molecular weight is 264 g/mol. The fourth-order valence-corrected chi connectivity index (χ4v) is 4.71. The van der Waals surface area contributed by atoms with Gasteiger partial charge >= 0.3 is 5.97 Å². The number of carboxylic acid groups (broad SMARTS) is 1. The summed E-state index contributed by atoms with van der Waals surface area (Å²) in [4.78, 5) is 11.3. The van der Waals surface area contributed by atoms with E-state index in [0.29, 0.717) is 11.8 Å². The first-order valence-electron chi connectivity index (χ1n) is 7.60. The highest BCUT2D eigenvalue weighted by Crippen LogP contribution is 2.58. The smallest absolute Gasteiger partial charge is 0.307 e. The molecule has 0 aromatic rings. The molecule has 3 heteroatoms. The van der Waals surface area contributed by atoms with Crippen molar-refractivity contribution >= 4 is 5.97 Å². The summed E-state index contributed by atoms with van der Waals surface area (Å²) in [5.74, 6) is 0.638. The Bertz CT molecular complexity index is 403. The number of aliphatic hydroxyl groups is 1. The molecule has 0 saturated heterocycles. The van der Waals surface area contributed by atoms with Gasteiger partial charge in [0.2, 0.25) is 0 Å². The van der Waals surface area contributed by atoms with Gasteiger partial charge in [0.1, 0.15) is 0 Å². The normalized spacial score (nSPS) is 45.8. The van der Waals surface area contributed by atoms with Gasteiger partial charge in [0.05, 0.1) is 12.0 Å². The van der Waals surface area contributed by atoms with E-state index < -0.39 is 5.97 Å². The Hall–Kier alpha value is -0.830. The van der Waals surface area contributed by atoms with Gasteiger partial charge in [-0.1, -0.05) is 19.1 Å². The van der Waals surface area contributed by atoms with Crippen molar-refractivity contribution in [2.45, 2.75) is 51.6 Å². The van der Waals surface area contributed by atoms with E-state index in [2.05, 4.69) is 19.1 Å². The van der Waals surface area contributed by atoms with Crippen LogP contribution in [0.1, 0.15) is 45.4 Å². The van der Waals surface area contributed by atoms with Crippen LogP contribution in [0.5, 0.6) is 0 Å². The van der Waals surface area contributed by atoms with E-state index in [-0.39, 0.29) is 23.4 Å². The maximum atomic E-state index is 11.3. The topological polar surface area (TPSA) is 57.5 Å². The van der Waals surface area contributed by atoms with Crippen molar-refractivity contribution in [1.82, 2.24) is 0 Å². The molecular formula is C16H24O3. The zero-order valence-electron chi connectivity index (χ0n) is 11.6. The summed E-state index contributed by atoms with van der Waals surface area (Å²) in [6.45, 7) is 2.28. The molecule has 2 fully saturated rings. The van der Waals surface area contributed by atoms with Crippen LogP contribution in [0.4, 0.5) is 0 Å². The highest BCUT2D eigenvalue weighted by Gasteiger charge is 2.52. The average Bonchev–Trinajstić information content (AvgIpc) is 3.03. The molecule has 6 atom stereocenters. The molecular weight excluding hydrogens is 240 g/mol. The predicted molar refractivity (Wildman–Crippen MR) is 72.6 cm³/mol. The van der Waals surface area contributed by atoms with E-state index in [0.717, 1.165) is 38.5 Å². The molecule has 19 heavy (non-hydrogen) atoms. The summed E-state index contributed by atoms with van der Waals surface area (Å²) < 4.78 is 0. The zero-order chi connectivity index (χ0) is 13.6. The lowest BCUT2D eigenvalue weighted by Gasteiger charge is -2.33. The monoisotopic (exact) mass is 264 g/mol. The van der Waals surface area contributed by atoms with Gasteiger partial charge in [0.15, 0.2) is 0 Å². The van der Waals surface area contributed by atoms with Crippen molar-refractivity contribution in [3.05, 3.63) is 12.2 Å². The van der Waals surface area contributed by atoms with E-state index in [1.54, 1.807) is 0 Å². The lowest BCUT2D eigenvalue weighted by atomic mass is 9.71. The van der Waals surface area contributed by atoms with Crippen LogP contribution in [-0.4, -0.2) is 22.3 Å². The van der Waals surface area contributed by atoms with E-state index in [4.69, 9.17) is 0 Å². The molecule has 3 nitrogen and oxygen atoms in total. The molecule has 0 radical (unpaired) electrons. The van der Waals surface area contributed by atoms with Crippen LogP contribution >= 0.6 is 0 Å². The minimum absolute atomic E-state index is 0.100. The largest absolute Gasteiger partial charge is 0.481 e. The summed E-state index contributed by atoms with van der Waals surface area (Å²) in [5.41, 5.74) is 0.126. The number of carboxylic acids is 1. The van der Waals surface area contributed by atoms with Crippen molar-refractivity contribution in [3.63, 3.8) is 0 Å². The first-order valence-corrected chi connectivity index (χ1v) is 7.60. The second-order valence-electron chi connectivity index (χ2n) is 7.08. The summed E-state index contributed by atoms with van der Waals surface area (Å²) in [7, 11) is 0.